The zero-order valence-electron chi connectivity index (χ0n) is 6.78. The summed E-state index contributed by atoms with van der Waals surface area (Å²) in [7, 11) is -1.44. The van der Waals surface area contributed by atoms with Gasteiger partial charge in [0.1, 0.15) is 0 Å². The molecule has 0 aromatic carbocycles. The highest BCUT2D eigenvalue weighted by Crippen LogP contribution is 2.12. The molecular formula is C6H13NO3S. The fourth-order valence-corrected chi connectivity index (χ4v) is 1.79. The smallest absolute Gasteiger partial charge is 0.211 e. The fourth-order valence-electron chi connectivity index (χ4n) is 1.08. The summed E-state index contributed by atoms with van der Waals surface area (Å²) >= 11 is 0. The molecule has 1 unspecified atom stereocenters. The molecule has 0 aliphatic carbocycles. The van der Waals surface area contributed by atoms with Crippen molar-refractivity contribution in [1.29, 1.82) is 0 Å². The molecule has 0 spiro atoms. The molecule has 66 valence electrons. The van der Waals surface area contributed by atoms with E-state index in [1.165, 1.54) is 10.6 Å². The van der Waals surface area contributed by atoms with Gasteiger partial charge in [-0.3, -0.25) is 0 Å². The number of hydrogen-bond acceptors (Lipinski definition) is 3. The summed E-state index contributed by atoms with van der Waals surface area (Å²) < 4.78 is 28.4. The van der Waals surface area contributed by atoms with Gasteiger partial charge in [-0.15, -0.1) is 0 Å². The van der Waals surface area contributed by atoms with Gasteiger partial charge in [0, 0.05) is 13.7 Å². The Morgan fingerprint density at radius 3 is 2.55 bits per heavy atom. The van der Waals surface area contributed by atoms with Gasteiger partial charge in [0.15, 0.2) is 0 Å². The summed E-state index contributed by atoms with van der Waals surface area (Å²) in [6, 6.07) is 0.0463. The van der Waals surface area contributed by atoms with Crippen LogP contribution in [0.2, 0.25) is 0 Å². The second kappa shape index (κ2) is 3.08. The highest BCUT2D eigenvalue weighted by atomic mass is 32.2. The maximum absolute atomic E-state index is 11.0. The number of ether oxygens (including phenoxy) is 1. The average Bonchev–Trinajstić information content (AvgIpc) is 2.34. The second-order valence-electron chi connectivity index (χ2n) is 2.80. The van der Waals surface area contributed by atoms with Crippen LogP contribution in [0.3, 0.4) is 0 Å². The lowest BCUT2D eigenvalue weighted by atomic mass is 10.3. The molecule has 1 heterocycles. The van der Waals surface area contributed by atoms with Crippen LogP contribution in [0.5, 0.6) is 0 Å². The van der Waals surface area contributed by atoms with Crippen LogP contribution in [-0.2, 0) is 14.8 Å². The molecule has 5 heteroatoms. The number of hydrogen-bond donors (Lipinski definition) is 0. The first-order valence-electron chi connectivity index (χ1n) is 3.52. The topological polar surface area (TPSA) is 46.6 Å². The molecule has 0 saturated carbocycles. The minimum Gasteiger partial charge on any atom is -0.380 e. The molecule has 1 atom stereocenters. The van der Waals surface area contributed by atoms with Crippen LogP contribution in [-0.4, -0.2) is 45.3 Å². The first-order valence-corrected chi connectivity index (χ1v) is 5.37. The van der Waals surface area contributed by atoms with Crippen molar-refractivity contribution in [3.05, 3.63) is 0 Å². The highest BCUT2D eigenvalue weighted by molar-refractivity contribution is 7.88. The van der Waals surface area contributed by atoms with E-state index in [1.54, 1.807) is 7.05 Å². The summed E-state index contributed by atoms with van der Waals surface area (Å²) in [4.78, 5) is 0. The van der Waals surface area contributed by atoms with E-state index in [2.05, 4.69) is 0 Å². The standard InChI is InChI=1S/C6H13NO3S/c1-7(11(2,8)9)6-3-4-10-5-6/h6H,3-5H2,1-2H3. The fraction of sp³-hybridized carbons (Fsp3) is 1.00. The lowest BCUT2D eigenvalue weighted by Gasteiger charge is -2.19. The molecule has 1 aliphatic heterocycles. The van der Waals surface area contributed by atoms with E-state index in [9.17, 15) is 8.42 Å². The third-order valence-corrected chi connectivity index (χ3v) is 3.29. The molecule has 0 N–H and O–H groups in total. The number of nitrogens with zero attached hydrogens (tertiary/aromatic N) is 1. The Labute approximate surface area is 67.2 Å². The van der Waals surface area contributed by atoms with Crippen LogP contribution in [0.15, 0.2) is 0 Å². The van der Waals surface area contributed by atoms with E-state index < -0.39 is 10.0 Å². The largest absolute Gasteiger partial charge is 0.380 e. The number of sulfonamides is 1. The van der Waals surface area contributed by atoms with E-state index in [0.29, 0.717) is 13.2 Å². The van der Waals surface area contributed by atoms with E-state index >= 15 is 0 Å². The van der Waals surface area contributed by atoms with Crippen molar-refractivity contribution in [1.82, 2.24) is 4.31 Å². The maximum atomic E-state index is 11.0. The Kier molecular flexibility index (Phi) is 2.51. The van der Waals surface area contributed by atoms with Gasteiger partial charge in [0.25, 0.3) is 0 Å². The van der Waals surface area contributed by atoms with Crippen molar-refractivity contribution in [3.63, 3.8) is 0 Å². The van der Waals surface area contributed by atoms with Crippen LogP contribution in [0.25, 0.3) is 0 Å². The molecule has 0 radical (unpaired) electrons. The Bertz CT molecular complexity index is 218. The number of likely N-dealkylation sites (N-methyl/N-ethyl adjacent to an activating group) is 1. The van der Waals surface area contributed by atoms with E-state index in [-0.39, 0.29) is 6.04 Å². The maximum Gasteiger partial charge on any atom is 0.211 e. The molecule has 11 heavy (non-hydrogen) atoms. The van der Waals surface area contributed by atoms with Gasteiger partial charge in [-0.05, 0) is 6.42 Å². The number of rotatable bonds is 2. The summed E-state index contributed by atoms with van der Waals surface area (Å²) in [6.07, 6.45) is 2.02. The van der Waals surface area contributed by atoms with Crippen molar-refractivity contribution in [2.75, 3.05) is 26.5 Å². The lowest BCUT2D eigenvalue weighted by Crippen LogP contribution is -2.36. The van der Waals surface area contributed by atoms with Gasteiger partial charge in [0.2, 0.25) is 10.0 Å². The van der Waals surface area contributed by atoms with Crippen molar-refractivity contribution < 1.29 is 13.2 Å². The molecule has 1 fully saturated rings. The molecule has 0 bridgehead atoms. The van der Waals surface area contributed by atoms with Crippen molar-refractivity contribution in [2.24, 2.45) is 0 Å². The van der Waals surface area contributed by atoms with E-state index in [4.69, 9.17) is 4.74 Å². The quantitative estimate of drug-likeness (QED) is 0.583. The van der Waals surface area contributed by atoms with Gasteiger partial charge in [0.05, 0.1) is 18.9 Å². The minimum absolute atomic E-state index is 0.0463. The van der Waals surface area contributed by atoms with Crippen molar-refractivity contribution in [3.8, 4) is 0 Å². The molecule has 0 aromatic rings. The average molecular weight is 179 g/mol. The Hall–Kier alpha value is -0.130. The van der Waals surface area contributed by atoms with Gasteiger partial charge in [-0.25, -0.2) is 8.42 Å². The van der Waals surface area contributed by atoms with Gasteiger partial charge < -0.3 is 4.74 Å². The third kappa shape index (κ3) is 2.15. The SMILES string of the molecule is CN(C1CCOC1)S(C)(=O)=O. The van der Waals surface area contributed by atoms with Crippen LogP contribution in [0, 0.1) is 0 Å². The first kappa shape index (κ1) is 8.96. The Morgan fingerprint density at radius 2 is 2.18 bits per heavy atom. The van der Waals surface area contributed by atoms with Crippen molar-refractivity contribution >= 4 is 10.0 Å². The van der Waals surface area contributed by atoms with E-state index in [0.717, 1.165) is 6.42 Å². The predicted molar refractivity (Wildman–Crippen MR) is 41.8 cm³/mol. The van der Waals surface area contributed by atoms with Crippen LogP contribution < -0.4 is 0 Å². The summed E-state index contributed by atoms with van der Waals surface area (Å²) in [5.41, 5.74) is 0. The summed E-state index contributed by atoms with van der Waals surface area (Å²) in [5.74, 6) is 0. The van der Waals surface area contributed by atoms with Crippen LogP contribution in [0.1, 0.15) is 6.42 Å². The van der Waals surface area contributed by atoms with Gasteiger partial charge in [-0.2, -0.15) is 4.31 Å². The minimum atomic E-state index is -3.03. The second-order valence-corrected chi connectivity index (χ2v) is 4.84. The molecule has 1 rings (SSSR count). The van der Waals surface area contributed by atoms with Crippen LogP contribution in [0.4, 0.5) is 0 Å². The first-order chi connectivity index (χ1) is 5.02. The normalized spacial score (nSPS) is 26.3. The zero-order valence-corrected chi connectivity index (χ0v) is 7.60. The predicted octanol–water partition coefficient (Wildman–Crippen LogP) is -0.333. The van der Waals surface area contributed by atoms with Crippen molar-refractivity contribution in [2.45, 2.75) is 12.5 Å². The molecule has 1 aliphatic rings. The Balaban J connectivity index is 2.60. The highest BCUT2D eigenvalue weighted by Gasteiger charge is 2.25. The molecule has 0 aromatic heterocycles. The molecule has 4 nitrogen and oxygen atoms in total. The Morgan fingerprint density at radius 1 is 1.55 bits per heavy atom. The third-order valence-electron chi connectivity index (χ3n) is 1.94. The van der Waals surface area contributed by atoms with Gasteiger partial charge >= 0.3 is 0 Å². The molecule has 0 amide bonds. The van der Waals surface area contributed by atoms with Gasteiger partial charge in [-0.1, -0.05) is 0 Å². The summed E-state index contributed by atoms with van der Waals surface area (Å²) in [6.45, 7) is 1.20. The van der Waals surface area contributed by atoms with Crippen LogP contribution >= 0.6 is 0 Å². The summed E-state index contributed by atoms with van der Waals surface area (Å²) in [5, 5.41) is 0. The molecular weight excluding hydrogens is 166 g/mol. The zero-order chi connectivity index (χ0) is 8.48. The van der Waals surface area contributed by atoms with E-state index in [1.807, 2.05) is 0 Å². The molecule has 1 saturated heterocycles. The lowest BCUT2D eigenvalue weighted by molar-refractivity contribution is 0.181. The monoisotopic (exact) mass is 179 g/mol.